The fourth-order valence-electron chi connectivity index (χ4n) is 8.13. The van der Waals surface area contributed by atoms with Crippen LogP contribution in [-0.4, -0.2) is 148 Å². The lowest BCUT2D eigenvalue weighted by atomic mass is 9.93. The number of halogens is 1. The van der Waals surface area contributed by atoms with Crippen LogP contribution < -0.4 is 25.4 Å². The normalized spacial score (nSPS) is 20.2. The highest BCUT2D eigenvalue weighted by molar-refractivity contribution is 6.03. The quantitative estimate of drug-likeness (QED) is 0.197. The predicted octanol–water partition coefficient (Wildman–Crippen LogP) is 2.82. The molecule has 336 valence electrons. The van der Waals surface area contributed by atoms with E-state index < -0.39 is 11.5 Å². The Labute approximate surface area is 367 Å². The number of imide groups is 2. The summed E-state index contributed by atoms with van der Waals surface area (Å²) in [5, 5.41) is 19.1. The molecule has 4 aromatic rings. The largest absolute Gasteiger partial charge is 0.492 e. The maximum Gasteiger partial charge on any atom is 0.410 e. The van der Waals surface area contributed by atoms with E-state index in [2.05, 4.69) is 35.9 Å². The molecule has 2 aromatic heterocycles. The number of carbonyl (C=O) groups excluding carboxylic acids is 5. The van der Waals surface area contributed by atoms with Gasteiger partial charge in [-0.1, -0.05) is 0 Å². The second-order valence-corrected chi connectivity index (χ2v) is 17.0. The van der Waals surface area contributed by atoms with Gasteiger partial charge in [-0.05, 0) is 57.9 Å². The fraction of sp³-hybridized carbons (Fsp3) is 0.558. The van der Waals surface area contributed by atoms with E-state index in [0.717, 1.165) is 91.4 Å². The summed E-state index contributed by atoms with van der Waals surface area (Å²) >= 11 is 0. The molecule has 18 nitrogen and oxygen atoms in total. The van der Waals surface area contributed by atoms with Gasteiger partial charge in [0.2, 0.25) is 23.6 Å². The van der Waals surface area contributed by atoms with E-state index in [9.17, 15) is 24.0 Å². The van der Waals surface area contributed by atoms with E-state index >= 15 is 0 Å². The fourth-order valence-corrected chi connectivity index (χ4v) is 8.13. The van der Waals surface area contributed by atoms with Crippen LogP contribution in [0.5, 0.6) is 11.5 Å². The minimum atomic E-state index is -0.486. The Morgan fingerprint density at radius 2 is 1.15 bits per heavy atom. The zero-order chi connectivity index (χ0) is 43.3. The van der Waals surface area contributed by atoms with E-state index in [1.165, 1.54) is 0 Å². The van der Waals surface area contributed by atoms with Gasteiger partial charge in [0.05, 0.1) is 34.3 Å². The molecule has 8 rings (SSSR count). The number of nitrogens with one attached hydrogen (secondary N) is 3. The highest BCUT2D eigenvalue weighted by Crippen LogP contribution is 2.33. The Hall–Kier alpha value is -5.30. The van der Waals surface area contributed by atoms with Gasteiger partial charge in [0.25, 0.3) is 0 Å². The van der Waals surface area contributed by atoms with Gasteiger partial charge in [0.1, 0.15) is 30.3 Å². The van der Waals surface area contributed by atoms with Crippen molar-refractivity contribution in [2.45, 2.75) is 63.9 Å². The van der Waals surface area contributed by atoms with Crippen LogP contribution in [0.3, 0.4) is 0 Å². The van der Waals surface area contributed by atoms with Gasteiger partial charge in [-0.15, -0.1) is 12.4 Å². The van der Waals surface area contributed by atoms with Gasteiger partial charge in [0, 0.05) is 115 Å². The third-order valence-electron chi connectivity index (χ3n) is 11.4. The molecule has 0 saturated carbocycles. The first kappa shape index (κ1) is 46.2. The van der Waals surface area contributed by atoms with Crippen LogP contribution in [0.4, 0.5) is 4.79 Å². The molecule has 0 aliphatic carbocycles. The molecule has 4 aliphatic rings. The molecule has 4 aliphatic heterocycles. The number of nitrogens with zero attached hydrogens (tertiary/aromatic N) is 7. The SMILES string of the molecule is Cl.Cn1nc(C2CCC(=O)NC2=O)c2ccc(OCCN3CCN(C(=O)OC(C)(C)C)CC3)cc21.Cn1nc(C2CCC(=O)NC2=O)c2ccc(OCCN3CCNCC3)cc21. The van der Waals surface area contributed by atoms with Crippen molar-refractivity contribution in [1.82, 2.24) is 50.2 Å². The van der Waals surface area contributed by atoms with Crippen LogP contribution in [0.15, 0.2) is 36.4 Å². The van der Waals surface area contributed by atoms with E-state index in [-0.39, 0.29) is 48.0 Å². The van der Waals surface area contributed by atoms with Crippen molar-refractivity contribution in [2.24, 2.45) is 14.1 Å². The van der Waals surface area contributed by atoms with Crippen molar-refractivity contribution in [3.8, 4) is 11.5 Å². The van der Waals surface area contributed by atoms with Gasteiger partial charge in [-0.2, -0.15) is 10.2 Å². The second-order valence-electron chi connectivity index (χ2n) is 17.0. The Morgan fingerprint density at radius 3 is 1.58 bits per heavy atom. The molecular weight excluding hydrogens is 820 g/mol. The Bertz CT molecular complexity index is 2260. The first-order valence-electron chi connectivity index (χ1n) is 21.2. The number of amides is 5. The summed E-state index contributed by atoms with van der Waals surface area (Å²) in [4.78, 5) is 66.0. The van der Waals surface area contributed by atoms with Crippen molar-refractivity contribution in [1.29, 1.82) is 0 Å². The van der Waals surface area contributed by atoms with Gasteiger partial charge in [-0.3, -0.25) is 49.0 Å². The summed E-state index contributed by atoms with van der Waals surface area (Å²) in [5.74, 6) is -0.266. The van der Waals surface area contributed by atoms with Crippen molar-refractivity contribution >= 4 is 63.9 Å². The van der Waals surface area contributed by atoms with Crippen molar-refractivity contribution in [3.63, 3.8) is 0 Å². The Kier molecular flexibility index (Phi) is 15.1. The van der Waals surface area contributed by atoms with Crippen LogP contribution in [-0.2, 0) is 38.0 Å². The minimum Gasteiger partial charge on any atom is -0.492 e. The number of ether oxygens (including phenoxy) is 3. The van der Waals surface area contributed by atoms with Gasteiger partial charge in [-0.25, -0.2) is 4.79 Å². The van der Waals surface area contributed by atoms with E-state index in [4.69, 9.17) is 14.2 Å². The summed E-state index contributed by atoms with van der Waals surface area (Å²) in [6.07, 6.45) is 1.38. The van der Waals surface area contributed by atoms with Crippen LogP contribution in [0.25, 0.3) is 21.8 Å². The number of aromatic nitrogens is 4. The minimum absolute atomic E-state index is 0. The zero-order valence-electron chi connectivity index (χ0n) is 36.2. The average Bonchev–Trinajstić information content (AvgIpc) is 3.72. The predicted molar refractivity (Wildman–Crippen MR) is 233 cm³/mol. The highest BCUT2D eigenvalue weighted by Gasteiger charge is 2.33. The number of piperazine rings is 2. The second kappa shape index (κ2) is 20.3. The lowest BCUT2D eigenvalue weighted by Gasteiger charge is -2.35. The van der Waals surface area contributed by atoms with E-state index in [1.54, 1.807) is 14.3 Å². The number of rotatable bonds is 10. The van der Waals surface area contributed by atoms with Gasteiger partial charge in [0.15, 0.2) is 0 Å². The molecule has 5 amide bonds. The molecule has 62 heavy (non-hydrogen) atoms. The molecule has 6 heterocycles. The van der Waals surface area contributed by atoms with Crippen molar-refractivity contribution < 1.29 is 38.2 Å². The Morgan fingerprint density at radius 1 is 0.694 bits per heavy atom. The molecule has 4 fully saturated rings. The average molecular weight is 879 g/mol. The summed E-state index contributed by atoms with van der Waals surface area (Å²) in [5.41, 5.74) is 2.74. The molecular formula is C43H59ClN10O8. The van der Waals surface area contributed by atoms with E-state index in [1.807, 2.05) is 71.3 Å². The van der Waals surface area contributed by atoms with Crippen molar-refractivity contribution in [2.75, 3.05) is 78.7 Å². The van der Waals surface area contributed by atoms with Crippen molar-refractivity contribution in [3.05, 3.63) is 47.8 Å². The lowest BCUT2D eigenvalue weighted by molar-refractivity contribution is -0.135. The highest BCUT2D eigenvalue weighted by atomic mass is 35.5. The molecule has 3 N–H and O–H groups in total. The number of aryl methyl sites for hydroxylation is 2. The third-order valence-corrected chi connectivity index (χ3v) is 11.4. The molecule has 2 aromatic carbocycles. The number of hydrogen-bond donors (Lipinski definition) is 3. The van der Waals surface area contributed by atoms with Gasteiger partial charge >= 0.3 is 6.09 Å². The number of benzene rings is 2. The molecule has 19 heteroatoms. The van der Waals surface area contributed by atoms with Gasteiger partial charge < -0.3 is 24.4 Å². The van der Waals surface area contributed by atoms with Crippen LogP contribution in [0.1, 0.15) is 69.7 Å². The summed E-state index contributed by atoms with van der Waals surface area (Å²) in [6.45, 7) is 15.5. The summed E-state index contributed by atoms with van der Waals surface area (Å²) in [6, 6.07) is 11.6. The topological polar surface area (TPSA) is 194 Å². The maximum absolute atomic E-state index is 12.3. The van der Waals surface area contributed by atoms with Crippen LogP contribution >= 0.6 is 12.4 Å². The molecule has 0 radical (unpaired) electrons. The number of fused-ring (bicyclic) bond motifs is 2. The zero-order valence-corrected chi connectivity index (χ0v) is 37.1. The molecule has 2 atom stereocenters. The molecule has 0 spiro atoms. The Balaban J connectivity index is 0.000000209. The standard InChI is InChI=1S/C24H33N5O5.C19H25N5O3.ClH/c1-24(2,3)34-23(32)29-11-9-28(10-12-29)13-14-33-16-5-6-17-19(15-16)27(4)26-21(17)18-7-8-20(30)25-22(18)31;1-23-16-12-13(27-11-10-24-8-6-20-7-9-24)2-3-14(16)18(22-23)15-4-5-17(25)21-19(15)26;/h5-6,15,18H,7-14H2,1-4H3,(H,25,30,31);2-3,12,15,20H,4-11H2,1H3,(H,21,25,26);1H. The van der Waals surface area contributed by atoms with Crippen LogP contribution in [0.2, 0.25) is 0 Å². The smallest absolute Gasteiger partial charge is 0.410 e. The maximum atomic E-state index is 12.3. The third kappa shape index (κ3) is 11.4. The summed E-state index contributed by atoms with van der Waals surface area (Å²) < 4.78 is 20.9. The number of piperidine rings is 2. The van der Waals surface area contributed by atoms with E-state index in [0.29, 0.717) is 57.7 Å². The molecule has 0 bridgehead atoms. The lowest BCUT2D eigenvalue weighted by Crippen LogP contribution is -2.50. The molecule has 2 unspecified atom stereocenters. The first-order chi connectivity index (χ1) is 29.2. The number of hydrogen-bond acceptors (Lipinski definition) is 13. The van der Waals surface area contributed by atoms with Crippen LogP contribution in [0, 0.1) is 0 Å². The monoisotopic (exact) mass is 878 g/mol. The first-order valence-corrected chi connectivity index (χ1v) is 21.2. The summed E-state index contributed by atoms with van der Waals surface area (Å²) in [7, 11) is 3.70. The number of carbonyl (C=O) groups is 5. The molecule has 4 saturated heterocycles.